The average Bonchev–Trinajstić information content (AvgIpc) is 2.49. The molecule has 0 bridgehead atoms. The summed E-state index contributed by atoms with van der Waals surface area (Å²) in [6.45, 7) is 5.32. The molecule has 0 atom stereocenters. The van der Waals surface area contributed by atoms with E-state index in [4.69, 9.17) is 0 Å². The summed E-state index contributed by atoms with van der Waals surface area (Å²) in [6.07, 6.45) is 0. The molecule has 0 saturated heterocycles. The van der Waals surface area contributed by atoms with Crippen LogP contribution in [0.3, 0.4) is 0 Å². The Morgan fingerprint density at radius 2 is 1.61 bits per heavy atom. The number of hydrogen-bond acceptors (Lipinski definition) is 4. The minimum atomic E-state index is -3.89. The lowest BCUT2D eigenvalue weighted by Gasteiger charge is -2.22. The molecule has 2 rings (SSSR count). The Bertz CT molecular complexity index is 876. The molecule has 0 amide bonds. The van der Waals surface area contributed by atoms with E-state index in [1.54, 1.807) is 13.0 Å². The maximum Gasteiger partial charge on any atom is 0.270 e. The number of benzene rings is 2. The minimum Gasteiger partial charge on any atom is -0.269 e. The van der Waals surface area contributed by atoms with Crippen LogP contribution in [0, 0.1) is 30.9 Å². The third kappa shape index (κ3) is 3.19. The lowest BCUT2D eigenvalue weighted by atomic mass is 10.1. The summed E-state index contributed by atoms with van der Waals surface area (Å²) < 4.78 is 27.0. The van der Waals surface area contributed by atoms with Crippen LogP contribution in [0.15, 0.2) is 41.3 Å². The summed E-state index contributed by atoms with van der Waals surface area (Å²) in [5, 5.41) is 10.9. The molecule has 0 aliphatic rings. The monoisotopic (exact) mass is 334 g/mol. The third-order valence-electron chi connectivity index (χ3n) is 3.72. The van der Waals surface area contributed by atoms with Gasteiger partial charge < -0.3 is 0 Å². The first-order chi connectivity index (χ1) is 10.6. The summed E-state index contributed by atoms with van der Waals surface area (Å²) in [5.41, 5.74) is 2.51. The van der Waals surface area contributed by atoms with Crippen LogP contribution in [0.4, 0.5) is 11.4 Å². The molecule has 0 fully saturated rings. The van der Waals surface area contributed by atoms with Crippen LogP contribution in [0.5, 0.6) is 0 Å². The number of nitrogens with zero attached hydrogens (tertiary/aromatic N) is 2. The van der Waals surface area contributed by atoms with Gasteiger partial charge in [0.25, 0.3) is 15.7 Å². The maximum atomic E-state index is 12.9. The molecule has 0 saturated carbocycles. The van der Waals surface area contributed by atoms with Crippen molar-refractivity contribution in [3.8, 4) is 0 Å². The normalized spacial score (nSPS) is 11.3. The molecule has 7 heteroatoms. The molecule has 0 N–H and O–H groups in total. The van der Waals surface area contributed by atoms with Crippen molar-refractivity contribution in [3.05, 3.63) is 63.2 Å². The largest absolute Gasteiger partial charge is 0.270 e. The van der Waals surface area contributed by atoms with Crippen molar-refractivity contribution in [1.29, 1.82) is 0 Å². The Kier molecular flexibility index (Phi) is 4.42. The van der Waals surface area contributed by atoms with Crippen LogP contribution in [-0.2, 0) is 10.0 Å². The van der Waals surface area contributed by atoms with E-state index in [1.165, 1.54) is 23.5 Å². The van der Waals surface area contributed by atoms with Crippen molar-refractivity contribution in [2.75, 3.05) is 11.4 Å². The second kappa shape index (κ2) is 6.00. The minimum absolute atomic E-state index is 0.0601. The Morgan fingerprint density at radius 1 is 1.00 bits per heavy atom. The fourth-order valence-corrected chi connectivity index (χ4v) is 3.81. The van der Waals surface area contributed by atoms with Crippen molar-refractivity contribution in [3.63, 3.8) is 0 Å². The number of nitro benzene ring substituents is 1. The van der Waals surface area contributed by atoms with E-state index in [0.717, 1.165) is 17.2 Å². The molecule has 0 unspecified atom stereocenters. The molecule has 6 nitrogen and oxygen atoms in total. The lowest BCUT2D eigenvalue weighted by Crippen LogP contribution is -2.28. The van der Waals surface area contributed by atoms with E-state index < -0.39 is 14.9 Å². The summed E-state index contributed by atoms with van der Waals surface area (Å²) in [7, 11) is -2.44. The third-order valence-corrected chi connectivity index (χ3v) is 5.64. The van der Waals surface area contributed by atoms with Gasteiger partial charge in [-0.2, -0.15) is 0 Å². The number of non-ortho nitro benzene ring substituents is 1. The summed E-state index contributed by atoms with van der Waals surface area (Å²) in [4.78, 5) is 10.3. The van der Waals surface area contributed by atoms with E-state index >= 15 is 0 Å². The van der Waals surface area contributed by atoms with E-state index in [2.05, 4.69) is 0 Å². The number of aryl methyl sites for hydroxylation is 3. The highest BCUT2D eigenvalue weighted by Crippen LogP contribution is 2.29. The molecule has 0 radical (unpaired) electrons. The van der Waals surface area contributed by atoms with E-state index in [-0.39, 0.29) is 10.6 Å². The standard InChI is InChI=1S/C16H18N2O4S/c1-11-5-6-12(2)15(9-11)17(4)23(21,22)16-10-14(18(19)20)8-7-13(16)3/h5-10H,1-4H3. The van der Waals surface area contributed by atoms with Gasteiger partial charge in [-0.15, -0.1) is 0 Å². The van der Waals surface area contributed by atoms with Gasteiger partial charge in [-0.3, -0.25) is 14.4 Å². The predicted octanol–water partition coefficient (Wildman–Crippen LogP) is 3.35. The number of sulfonamides is 1. The summed E-state index contributed by atoms with van der Waals surface area (Å²) in [6, 6.07) is 9.37. The van der Waals surface area contributed by atoms with Crippen LogP contribution in [0.1, 0.15) is 16.7 Å². The predicted molar refractivity (Wildman–Crippen MR) is 89.3 cm³/mol. The summed E-state index contributed by atoms with van der Waals surface area (Å²) in [5.74, 6) is 0. The number of hydrogen-bond donors (Lipinski definition) is 0. The Morgan fingerprint density at radius 3 is 2.22 bits per heavy atom. The van der Waals surface area contributed by atoms with Gasteiger partial charge in [0.05, 0.1) is 15.5 Å². The van der Waals surface area contributed by atoms with E-state index in [1.807, 2.05) is 26.0 Å². The molecular formula is C16H18N2O4S. The van der Waals surface area contributed by atoms with Crippen molar-refractivity contribution in [2.45, 2.75) is 25.7 Å². The highest BCUT2D eigenvalue weighted by atomic mass is 32.2. The molecule has 0 aliphatic heterocycles. The fraction of sp³-hybridized carbons (Fsp3) is 0.250. The Balaban J connectivity index is 2.60. The van der Waals surface area contributed by atoms with Crippen LogP contribution < -0.4 is 4.31 Å². The first-order valence-electron chi connectivity index (χ1n) is 6.96. The molecule has 23 heavy (non-hydrogen) atoms. The molecular weight excluding hydrogens is 316 g/mol. The van der Waals surface area contributed by atoms with Gasteiger partial charge in [-0.05, 0) is 43.5 Å². The number of rotatable bonds is 4. The lowest BCUT2D eigenvalue weighted by molar-refractivity contribution is -0.385. The van der Waals surface area contributed by atoms with Gasteiger partial charge in [-0.1, -0.05) is 18.2 Å². The zero-order valence-electron chi connectivity index (χ0n) is 13.4. The van der Waals surface area contributed by atoms with Gasteiger partial charge in [0, 0.05) is 19.2 Å². The van der Waals surface area contributed by atoms with Gasteiger partial charge in [0.2, 0.25) is 0 Å². The van der Waals surface area contributed by atoms with E-state index in [0.29, 0.717) is 11.3 Å². The smallest absolute Gasteiger partial charge is 0.269 e. The number of anilines is 1. The quantitative estimate of drug-likeness (QED) is 0.634. The Labute approximate surface area is 135 Å². The Hall–Kier alpha value is -2.41. The molecule has 122 valence electrons. The molecule has 0 spiro atoms. The SMILES string of the molecule is Cc1ccc(C)c(N(C)S(=O)(=O)c2cc([N+](=O)[O-])ccc2C)c1. The first kappa shape index (κ1) is 17.0. The van der Waals surface area contributed by atoms with Crippen LogP contribution in [0.25, 0.3) is 0 Å². The van der Waals surface area contributed by atoms with Crippen molar-refractivity contribution >= 4 is 21.4 Å². The van der Waals surface area contributed by atoms with Gasteiger partial charge in [0.1, 0.15) is 0 Å². The van der Waals surface area contributed by atoms with Gasteiger partial charge in [0.15, 0.2) is 0 Å². The highest BCUT2D eigenvalue weighted by molar-refractivity contribution is 7.92. The van der Waals surface area contributed by atoms with Gasteiger partial charge in [-0.25, -0.2) is 8.42 Å². The fourth-order valence-electron chi connectivity index (χ4n) is 2.32. The van der Waals surface area contributed by atoms with Crippen molar-refractivity contribution < 1.29 is 13.3 Å². The second-order valence-corrected chi connectivity index (χ2v) is 7.41. The van der Waals surface area contributed by atoms with Crippen LogP contribution >= 0.6 is 0 Å². The number of nitro groups is 1. The first-order valence-corrected chi connectivity index (χ1v) is 8.40. The molecule has 0 aliphatic carbocycles. The zero-order chi connectivity index (χ0) is 17.4. The average molecular weight is 334 g/mol. The van der Waals surface area contributed by atoms with E-state index in [9.17, 15) is 18.5 Å². The van der Waals surface area contributed by atoms with Gasteiger partial charge >= 0.3 is 0 Å². The maximum absolute atomic E-state index is 12.9. The molecule has 0 aromatic heterocycles. The molecule has 2 aromatic carbocycles. The summed E-state index contributed by atoms with van der Waals surface area (Å²) >= 11 is 0. The topological polar surface area (TPSA) is 80.5 Å². The molecule has 2 aromatic rings. The van der Waals surface area contributed by atoms with Crippen molar-refractivity contribution in [2.24, 2.45) is 0 Å². The van der Waals surface area contributed by atoms with Crippen LogP contribution in [-0.4, -0.2) is 20.4 Å². The zero-order valence-corrected chi connectivity index (χ0v) is 14.2. The highest BCUT2D eigenvalue weighted by Gasteiger charge is 2.26. The van der Waals surface area contributed by atoms with Crippen molar-refractivity contribution in [1.82, 2.24) is 0 Å². The molecule has 0 heterocycles. The van der Waals surface area contributed by atoms with Crippen LogP contribution in [0.2, 0.25) is 0 Å². The second-order valence-electron chi connectivity index (χ2n) is 5.47.